The maximum atomic E-state index is 9.00. The Morgan fingerprint density at radius 1 is 1.57 bits per heavy atom. The van der Waals surface area contributed by atoms with E-state index in [-0.39, 0.29) is 6.29 Å². The lowest BCUT2D eigenvalue weighted by molar-refractivity contribution is -0.143. The lowest BCUT2D eigenvalue weighted by Crippen LogP contribution is -1.91. The number of carbonyl (C=O) groups is 2. The minimum Gasteiger partial charge on any atom is -0.476 e. The van der Waals surface area contributed by atoms with E-state index in [1.165, 1.54) is 0 Å². The van der Waals surface area contributed by atoms with Crippen LogP contribution in [-0.2, 0) is 9.59 Å². The van der Waals surface area contributed by atoms with Crippen molar-refractivity contribution in [2.45, 2.75) is 0 Å². The topological polar surface area (TPSA) is 54.4 Å². The molecular formula is C4H6O3. The molecule has 7 heavy (non-hydrogen) atoms. The number of hydrogen-bond acceptors (Lipinski definition) is 2. The maximum absolute atomic E-state index is 9.00. The van der Waals surface area contributed by atoms with E-state index in [9.17, 15) is 0 Å². The molecule has 40 valence electrons. The van der Waals surface area contributed by atoms with Crippen LogP contribution in [0.25, 0.3) is 0 Å². The zero-order valence-electron chi connectivity index (χ0n) is 3.76. The molecule has 0 radical (unpaired) electrons. The first-order valence-electron chi connectivity index (χ1n) is 1.45. The molecule has 0 bridgehead atoms. The molecular weight excluding hydrogens is 96.0 g/mol. The first kappa shape index (κ1) is 9.30. The van der Waals surface area contributed by atoms with E-state index in [1.807, 2.05) is 0 Å². The van der Waals surface area contributed by atoms with Gasteiger partial charge < -0.3 is 5.11 Å². The Labute approximate surface area is 41.3 Å². The monoisotopic (exact) mass is 102 g/mol. The normalized spacial score (nSPS) is 5.14. The molecule has 1 N–H and O–H groups in total. The van der Waals surface area contributed by atoms with Gasteiger partial charge in [-0.25, -0.2) is 4.79 Å². The third-order valence-corrected chi connectivity index (χ3v) is 0.101. The third-order valence-electron chi connectivity index (χ3n) is 0.101. The quantitative estimate of drug-likeness (QED) is 0.289. The van der Waals surface area contributed by atoms with Gasteiger partial charge in [-0.1, -0.05) is 0 Å². The van der Waals surface area contributed by atoms with Gasteiger partial charge in [-0.15, -0.1) is 13.2 Å². The standard InChI is InChI=1S/C2H2O3.C2H4/c3-1-2(4)5;1-2/h1H,(H,4,5);1-2H2. The summed E-state index contributed by atoms with van der Waals surface area (Å²) in [5.74, 6) is -1.43. The Kier molecular flexibility index (Phi) is 11.8. The van der Waals surface area contributed by atoms with Crippen molar-refractivity contribution in [3.63, 3.8) is 0 Å². The van der Waals surface area contributed by atoms with E-state index in [1.54, 1.807) is 0 Å². The van der Waals surface area contributed by atoms with Crippen LogP contribution in [0.3, 0.4) is 0 Å². The van der Waals surface area contributed by atoms with Crippen LogP contribution in [0.15, 0.2) is 13.2 Å². The van der Waals surface area contributed by atoms with Gasteiger partial charge in [0.1, 0.15) is 0 Å². The predicted octanol–water partition coefficient (Wildman–Crippen LogP) is 0.0721. The highest BCUT2D eigenvalue weighted by atomic mass is 16.4. The van der Waals surface area contributed by atoms with E-state index < -0.39 is 5.97 Å². The van der Waals surface area contributed by atoms with Gasteiger partial charge in [0.15, 0.2) is 0 Å². The van der Waals surface area contributed by atoms with Crippen LogP contribution in [0.1, 0.15) is 0 Å². The zero-order chi connectivity index (χ0) is 6.28. The van der Waals surface area contributed by atoms with Gasteiger partial charge in [-0.05, 0) is 0 Å². The van der Waals surface area contributed by atoms with Crippen molar-refractivity contribution < 1.29 is 14.7 Å². The summed E-state index contributed by atoms with van der Waals surface area (Å²) in [5, 5.41) is 7.35. The fraction of sp³-hybridized carbons (Fsp3) is 0. The summed E-state index contributed by atoms with van der Waals surface area (Å²) in [6.45, 7) is 6.00. The highest BCUT2D eigenvalue weighted by Crippen LogP contribution is 1.39. The highest BCUT2D eigenvalue weighted by Gasteiger charge is 1.80. The molecule has 0 rings (SSSR count). The minimum absolute atomic E-state index is 0.167. The summed E-state index contributed by atoms with van der Waals surface area (Å²) in [4.78, 5) is 17.9. The second-order valence-electron chi connectivity index (χ2n) is 0.456. The van der Waals surface area contributed by atoms with E-state index in [2.05, 4.69) is 13.2 Å². The Balaban J connectivity index is 0. The molecule has 0 saturated carbocycles. The molecule has 0 heterocycles. The summed E-state index contributed by atoms with van der Waals surface area (Å²) in [5.41, 5.74) is 0. The molecule has 0 aliphatic rings. The van der Waals surface area contributed by atoms with Crippen LogP contribution in [0, 0.1) is 0 Å². The van der Waals surface area contributed by atoms with Gasteiger partial charge >= 0.3 is 5.97 Å². The molecule has 0 amide bonds. The number of aldehydes is 1. The van der Waals surface area contributed by atoms with Crippen LogP contribution in [0.2, 0.25) is 0 Å². The summed E-state index contributed by atoms with van der Waals surface area (Å²) < 4.78 is 0. The molecule has 0 aliphatic carbocycles. The summed E-state index contributed by atoms with van der Waals surface area (Å²) in [6.07, 6.45) is -0.167. The first-order chi connectivity index (χ1) is 3.27. The fourth-order valence-corrected chi connectivity index (χ4v) is 0. The van der Waals surface area contributed by atoms with E-state index in [4.69, 9.17) is 14.7 Å². The summed E-state index contributed by atoms with van der Waals surface area (Å²) >= 11 is 0. The molecule has 0 fully saturated rings. The average molecular weight is 102 g/mol. The van der Waals surface area contributed by atoms with Crippen LogP contribution < -0.4 is 0 Å². The molecule has 0 aromatic heterocycles. The zero-order valence-corrected chi connectivity index (χ0v) is 3.76. The van der Waals surface area contributed by atoms with Crippen molar-refractivity contribution in [3.05, 3.63) is 13.2 Å². The van der Waals surface area contributed by atoms with Crippen LogP contribution in [0.4, 0.5) is 0 Å². The second kappa shape index (κ2) is 8.86. The van der Waals surface area contributed by atoms with E-state index >= 15 is 0 Å². The lowest BCUT2D eigenvalue weighted by atomic mass is 10.8. The summed E-state index contributed by atoms with van der Waals surface area (Å²) in [7, 11) is 0. The van der Waals surface area contributed by atoms with Gasteiger partial charge in [0, 0.05) is 0 Å². The van der Waals surface area contributed by atoms with Crippen LogP contribution >= 0.6 is 0 Å². The fourth-order valence-electron chi connectivity index (χ4n) is 0. The average Bonchev–Trinajstić information content (AvgIpc) is 1.73. The third kappa shape index (κ3) is 52.3. The molecule has 3 nitrogen and oxygen atoms in total. The first-order valence-corrected chi connectivity index (χ1v) is 1.45. The largest absolute Gasteiger partial charge is 0.476 e. The minimum atomic E-state index is -1.43. The van der Waals surface area contributed by atoms with Crippen molar-refractivity contribution in [2.75, 3.05) is 0 Å². The lowest BCUT2D eigenvalue weighted by Gasteiger charge is -1.59. The smallest absolute Gasteiger partial charge is 0.368 e. The summed E-state index contributed by atoms with van der Waals surface area (Å²) in [6, 6.07) is 0. The van der Waals surface area contributed by atoms with Crippen molar-refractivity contribution in [1.29, 1.82) is 0 Å². The molecule has 0 aromatic carbocycles. The van der Waals surface area contributed by atoms with Gasteiger partial charge in [0.05, 0.1) is 0 Å². The Morgan fingerprint density at radius 2 is 1.71 bits per heavy atom. The molecule has 0 atom stereocenters. The number of carbonyl (C=O) groups excluding carboxylic acids is 1. The number of aliphatic carboxylic acids is 1. The molecule has 0 aliphatic heterocycles. The van der Waals surface area contributed by atoms with Crippen molar-refractivity contribution in [1.82, 2.24) is 0 Å². The van der Waals surface area contributed by atoms with E-state index in [0.717, 1.165) is 0 Å². The predicted molar refractivity (Wildman–Crippen MR) is 25.0 cm³/mol. The highest BCUT2D eigenvalue weighted by molar-refractivity contribution is 6.19. The number of carboxylic acid groups (broad SMARTS) is 1. The van der Waals surface area contributed by atoms with Gasteiger partial charge in [0.25, 0.3) is 0 Å². The number of hydrogen-bond donors (Lipinski definition) is 1. The molecule has 0 aromatic rings. The SMILES string of the molecule is C=C.O=CC(=O)O. The molecule has 0 unspecified atom stereocenters. The van der Waals surface area contributed by atoms with Crippen molar-refractivity contribution in [3.8, 4) is 0 Å². The van der Waals surface area contributed by atoms with E-state index in [0.29, 0.717) is 0 Å². The molecule has 0 spiro atoms. The van der Waals surface area contributed by atoms with Gasteiger partial charge in [0.2, 0.25) is 6.29 Å². The van der Waals surface area contributed by atoms with Gasteiger partial charge in [-0.2, -0.15) is 0 Å². The van der Waals surface area contributed by atoms with Crippen molar-refractivity contribution >= 4 is 12.3 Å². The van der Waals surface area contributed by atoms with Crippen LogP contribution in [-0.4, -0.2) is 17.4 Å². The number of rotatable bonds is 1. The maximum Gasteiger partial charge on any atom is 0.368 e. The Morgan fingerprint density at radius 3 is 1.71 bits per heavy atom. The molecule has 3 heteroatoms. The van der Waals surface area contributed by atoms with Crippen LogP contribution in [0.5, 0.6) is 0 Å². The van der Waals surface area contributed by atoms with Gasteiger partial charge in [-0.3, -0.25) is 4.79 Å². The Hall–Kier alpha value is -1.12. The van der Waals surface area contributed by atoms with Crippen molar-refractivity contribution in [2.24, 2.45) is 0 Å². The second-order valence-corrected chi connectivity index (χ2v) is 0.456. The number of carboxylic acids is 1. The Bertz CT molecular complexity index is 67.3. The molecule has 0 saturated heterocycles.